The molecule has 8 heteroatoms. The number of esters is 2. The molecule has 0 radical (unpaired) electrons. The maximum atomic E-state index is 12.4. The van der Waals surface area contributed by atoms with E-state index in [4.69, 9.17) is 9.47 Å². The van der Waals surface area contributed by atoms with Crippen molar-refractivity contribution in [1.29, 1.82) is 0 Å². The summed E-state index contributed by atoms with van der Waals surface area (Å²) in [7, 11) is 1.27. The predicted molar refractivity (Wildman–Crippen MR) is 118 cm³/mol. The Morgan fingerprint density at radius 3 is 2.35 bits per heavy atom. The summed E-state index contributed by atoms with van der Waals surface area (Å²) in [6.45, 7) is 2.81. The van der Waals surface area contributed by atoms with Crippen LogP contribution in [0.3, 0.4) is 0 Å². The van der Waals surface area contributed by atoms with Crippen molar-refractivity contribution in [2.75, 3.05) is 19.0 Å². The van der Waals surface area contributed by atoms with Gasteiger partial charge in [-0.25, -0.2) is 9.59 Å². The van der Waals surface area contributed by atoms with E-state index < -0.39 is 24.5 Å². The van der Waals surface area contributed by atoms with Crippen LogP contribution in [0.25, 0.3) is 0 Å². The number of carbonyl (C=O) groups is 3. The van der Waals surface area contributed by atoms with Gasteiger partial charge in [-0.05, 0) is 43.7 Å². The number of hydrogen-bond donors (Lipinski definition) is 2. The monoisotopic (exact) mass is 438 g/mol. The van der Waals surface area contributed by atoms with Crippen LogP contribution in [0.4, 0.5) is 5.69 Å². The second-order valence-corrected chi connectivity index (χ2v) is 7.77. The molecular formula is C23H22N2O5S. The van der Waals surface area contributed by atoms with Gasteiger partial charge in [0.15, 0.2) is 6.61 Å². The van der Waals surface area contributed by atoms with Crippen LogP contribution in [-0.4, -0.2) is 36.5 Å². The molecule has 1 heterocycles. The number of hydrogen-bond acceptors (Lipinski definition) is 6. The minimum absolute atomic E-state index is 0.116. The Balaban J connectivity index is 1.64. The summed E-state index contributed by atoms with van der Waals surface area (Å²) in [5, 5.41) is 2.77. The van der Waals surface area contributed by atoms with Crippen molar-refractivity contribution in [3.63, 3.8) is 0 Å². The normalized spacial score (nSPS) is 10.4. The highest BCUT2D eigenvalue weighted by Crippen LogP contribution is 2.33. The van der Waals surface area contributed by atoms with Gasteiger partial charge in [-0.2, -0.15) is 0 Å². The largest absolute Gasteiger partial charge is 0.465 e. The number of para-hydroxylation sites is 1. The molecule has 0 spiro atoms. The van der Waals surface area contributed by atoms with E-state index in [0.29, 0.717) is 16.9 Å². The van der Waals surface area contributed by atoms with Crippen LogP contribution in [0, 0.1) is 13.8 Å². The van der Waals surface area contributed by atoms with Crippen molar-refractivity contribution in [3.8, 4) is 0 Å². The molecule has 0 bridgehead atoms. The number of methoxy groups -OCH3 is 1. The van der Waals surface area contributed by atoms with Crippen LogP contribution in [0.1, 0.15) is 32.1 Å². The molecule has 31 heavy (non-hydrogen) atoms. The molecule has 7 nitrogen and oxygen atoms in total. The third-order valence-corrected chi connectivity index (χ3v) is 5.58. The number of aromatic amines is 1. The first-order valence-electron chi connectivity index (χ1n) is 9.47. The Kier molecular flexibility index (Phi) is 7.15. The lowest BCUT2D eigenvalue weighted by Crippen LogP contribution is -2.21. The van der Waals surface area contributed by atoms with E-state index in [1.807, 2.05) is 48.5 Å². The third-order valence-electron chi connectivity index (χ3n) is 4.50. The summed E-state index contributed by atoms with van der Waals surface area (Å²) in [6.07, 6.45) is 0. The zero-order valence-electron chi connectivity index (χ0n) is 17.4. The molecule has 3 rings (SSSR count). The lowest BCUT2D eigenvalue weighted by molar-refractivity contribution is -0.119. The van der Waals surface area contributed by atoms with Gasteiger partial charge in [0.2, 0.25) is 0 Å². The van der Waals surface area contributed by atoms with Crippen molar-refractivity contribution in [1.82, 2.24) is 4.98 Å². The molecule has 160 valence electrons. The van der Waals surface area contributed by atoms with Crippen LogP contribution >= 0.6 is 11.8 Å². The van der Waals surface area contributed by atoms with E-state index >= 15 is 0 Å². The molecule has 0 unspecified atom stereocenters. The highest BCUT2D eigenvalue weighted by molar-refractivity contribution is 7.99. The number of aryl methyl sites for hydroxylation is 1. The second-order valence-electron chi connectivity index (χ2n) is 6.65. The molecule has 1 aromatic heterocycles. The van der Waals surface area contributed by atoms with Crippen molar-refractivity contribution in [2.45, 2.75) is 23.6 Å². The van der Waals surface area contributed by atoms with Gasteiger partial charge in [0, 0.05) is 15.5 Å². The fourth-order valence-corrected chi connectivity index (χ4v) is 3.95. The van der Waals surface area contributed by atoms with Crippen molar-refractivity contribution < 1.29 is 23.9 Å². The van der Waals surface area contributed by atoms with Gasteiger partial charge in [0.05, 0.1) is 18.4 Å². The maximum Gasteiger partial charge on any atom is 0.355 e. The number of rotatable bonds is 7. The minimum Gasteiger partial charge on any atom is -0.465 e. The summed E-state index contributed by atoms with van der Waals surface area (Å²) in [5.74, 6) is -1.74. The topological polar surface area (TPSA) is 97.5 Å². The number of aromatic nitrogens is 1. The number of ether oxygens (including phenoxy) is 2. The Hall–Kier alpha value is -3.52. The molecule has 2 N–H and O–H groups in total. The zero-order valence-corrected chi connectivity index (χ0v) is 18.2. The molecule has 0 aliphatic carbocycles. The zero-order chi connectivity index (χ0) is 22.4. The first-order chi connectivity index (χ1) is 14.9. The second kappa shape index (κ2) is 9.99. The quantitative estimate of drug-likeness (QED) is 0.532. The number of anilines is 1. The number of amides is 1. The number of nitrogens with one attached hydrogen (secondary N) is 2. The number of H-pyrrole nitrogens is 1. The number of carbonyl (C=O) groups excluding carboxylic acids is 3. The fourth-order valence-electron chi connectivity index (χ4n) is 3.03. The smallest absolute Gasteiger partial charge is 0.355 e. The van der Waals surface area contributed by atoms with E-state index in [1.165, 1.54) is 18.9 Å². The van der Waals surface area contributed by atoms with Crippen LogP contribution in [-0.2, 0) is 14.3 Å². The predicted octanol–water partition coefficient (Wildman–Crippen LogP) is 4.36. The highest BCUT2D eigenvalue weighted by atomic mass is 32.2. The van der Waals surface area contributed by atoms with Gasteiger partial charge in [-0.3, -0.25) is 4.79 Å². The van der Waals surface area contributed by atoms with Crippen molar-refractivity contribution in [2.24, 2.45) is 0 Å². The molecule has 1 amide bonds. The Morgan fingerprint density at radius 1 is 0.968 bits per heavy atom. The lowest BCUT2D eigenvalue weighted by atomic mass is 10.1. The van der Waals surface area contributed by atoms with Crippen molar-refractivity contribution >= 4 is 35.3 Å². The van der Waals surface area contributed by atoms with Crippen LogP contribution in [0.2, 0.25) is 0 Å². The molecule has 0 aliphatic heterocycles. The highest BCUT2D eigenvalue weighted by Gasteiger charge is 2.24. The van der Waals surface area contributed by atoms with Gasteiger partial charge >= 0.3 is 11.9 Å². The molecule has 3 aromatic rings. The van der Waals surface area contributed by atoms with Gasteiger partial charge in [-0.1, -0.05) is 42.1 Å². The lowest BCUT2D eigenvalue weighted by Gasteiger charge is -2.11. The van der Waals surface area contributed by atoms with Gasteiger partial charge < -0.3 is 19.8 Å². The Labute approximate surface area is 184 Å². The molecular weight excluding hydrogens is 416 g/mol. The summed E-state index contributed by atoms with van der Waals surface area (Å²) in [6, 6.07) is 17.2. The Bertz CT molecular complexity index is 1110. The van der Waals surface area contributed by atoms with Crippen LogP contribution < -0.4 is 5.32 Å². The summed E-state index contributed by atoms with van der Waals surface area (Å²) >= 11 is 1.52. The maximum absolute atomic E-state index is 12.4. The van der Waals surface area contributed by atoms with Crippen LogP contribution in [0.5, 0.6) is 0 Å². The Morgan fingerprint density at radius 2 is 1.65 bits per heavy atom. The van der Waals surface area contributed by atoms with Crippen LogP contribution in [0.15, 0.2) is 64.4 Å². The average Bonchev–Trinajstić information content (AvgIpc) is 3.07. The van der Waals surface area contributed by atoms with Gasteiger partial charge in [0.1, 0.15) is 5.69 Å². The van der Waals surface area contributed by atoms with Gasteiger partial charge in [-0.15, -0.1) is 0 Å². The molecule has 0 saturated heterocycles. The van der Waals surface area contributed by atoms with E-state index in [0.717, 1.165) is 9.79 Å². The first kappa shape index (κ1) is 22.2. The van der Waals surface area contributed by atoms with Gasteiger partial charge in [0.25, 0.3) is 5.91 Å². The fraction of sp³-hybridized carbons (Fsp3) is 0.174. The standard InChI is InChI=1S/C23H22N2O5S/c1-14-20(22(27)29-3)15(2)24-21(14)23(28)30-13-19(26)25-17-11-7-8-12-18(17)31-16-9-5-4-6-10-16/h4-12,24H,13H2,1-3H3,(H,25,26). The summed E-state index contributed by atoms with van der Waals surface area (Å²) < 4.78 is 9.87. The average molecular weight is 439 g/mol. The summed E-state index contributed by atoms with van der Waals surface area (Å²) in [4.78, 5) is 41.4. The van der Waals surface area contributed by atoms with E-state index in [2.05, 4.69) is 10.3 Å². The third kappa shape index (κ3) is 5.35. The SMILES string of the molecule is COC(=O)c1c(C)[nH]c(C(=O)OCC(=O)Nc2ccccc2Sc2ccccc2)c1C. The molecule has 2 aromatic carbocycles. The molecule has 0 fully saturated rings. The first-order valence-corrected chi connectivity index (χ1v) is 10.3. The molecule has 0 atom stereocenters. The van der Waals surface area contributed by atoms with Crippen molar-refractivity contribution in [3.05, 3.63) is 77.1 Å². The van der Waals surface area contributed by atoms with E-state index in [1.54, 1.807) is 19.9 Å². The summed E-state index contributed by atoms with van der Waals surface area (Å²) in [5.41, 5.74) is 1.93. The van der Waals surface area contributed by atoms with E-state index in [-0.39, 0.29) is 11.3 Å². The number of benzene rings is 2. The minimum atomic E-state index is -0.724. The van der Waals surface area contributed by atoms with E-state index in [9.17, 15) is 14.4 Å². The molecule has 0 saturated carbocycles. The molecule has 0 aliphatic rings.